The zero-order valence-electron chi connectivity index (χ0n) is 11.8. The number of pyridine rings is 2. The molecule has 0 unspecified atom stereocenters. The highest BCUT2D eigenvalue weighted by Crippen LogP contribution is 2.32. The average Bonchev–Trinajstić information content (AvgIpc) is 2.93. The quantitative estimate of drug-likeness (QED) is 0.806. The predicted octanol–water partition coefficient (Wildman–Crippen LogP) is 2.99. The molecule has 0 aromatic carbocycles. The molecule has 3 heterocycles. The molecule has 0 amide bonds. The van der Waals surface area contributed by atoms with Crippen LogP contribution in [0.15, 0.2) is 48.9 Å². The van der Waals surface area contributed by atoms with Crippen LogP contribution in [0, 0.1) is 0 Å². The molecule has 0 atom stereocenters. The van der Waals surface area contributed by atoms with E-state index in [2.05, 4.69) is 15.1 Å². The van der Waals surface area contributed by atoms with Crippen molar-refractivity contribution in [3.05, 3.63) is 60.2 Å². The summed E-state index contributed by atoms with van der Waals surface area (Å²) >= 11 is 0. The number of nitrogens with two attached hydrogens (primary N) is 1. The minimum Gasteiger partial charge on any atom is -0.384 e. The van der Waals surface area contributed by atoms with E-state index in [-0.39, 0.29) is 12.2 Å². The predicted molar refractivity (Wildman–Crippen MR) is 78.2 cm³/mol. The highest BCUT2D eigenvalue weighted by molar-refractivity contribution is 5.59. The highest BCUT2D eigenvalue weighted by atomic mass is 19.4. The molecule has 0 aliphatic carbocycles. The minimum absolute atomic E-state index is 0.0227. The number of anilines is 1. The molecular weight excluding hydrogens is 307 g/mol. The van der Waals surface area contributed by atoms with Gasteiger partial charge in [0, 0.05) is 24.2 Å². The summed E-state index contributed by atoms with van der Waals surface area (Å²) in [5.74, 6) is 0.291. The van der Waals surface area contributed by atoms with Gasteiger partial charge in [-0.1, -0.05) is 6.07 Å². The molecule has 0 fully saturated rings. The smallest absolute Gasteiger partial charge is 0.384 e. The maximum absolute atomic E-state index is 13.2. The normalized spacial score (nSPS) is 11.6. The molecule has 0 aliphatic heterocycles. The Morgan fingerprint density at radius 3 is 2.57 bits per heavy atom. The van der Waals surface area contributed by atoms with Crippen LogP contribution in [-0.2, 0) is 12.7 Å². The Bertz CT molecular complexity index is 794. The van der Waals surface area contributed by atoms with E-state index in [1.165, 1.54) is 18.5 Å². The fourth-order valence-electron chi connectivity index (χ4n) is 2.13. The van der Waals surface area contributed by atoms with Crippen molar-refractivity contribution in [3.8, 4) is 11.3 Å². The van der Waals surface area contributed by atoms with Crippen LogP contribution in [0.5, 0.6) is 0 Å². The van der Waals surface area contributed by atoms with E-state index in [0.29, 0.717) is 16.9 Å². The Morgan fingerprint density at radius 2 is 1.96 bits per heavy atom. The number of hydrogen-bond acceptors (Lipinski definition) is 4. The summed E-state index contributed by atoms with van der Waals surface area (Å²) in [4.78, 5) is 7.78. The molecular formula is C15H12F3N5. The van der Waals surface area contributed by atoms with Crippen LogP contribution < -0.4 is 5.73 Å². The fourth-order valence-corrected chi connectivity index (χ4v) is 2.13. The summed E-state index contributed by atoms with van der Waals surface area (Å²) in [7, 11) is 0. The zero-order chi connectivity index (χ0) is 16.4. The van der Waals surface area contributed by atoms with Crippen molar-refractivity contribution in [1.82, 2.24) is 19.7 Å². The van der Waals surface area contributed by atoms with Gasteiger partial charge in [-0.05, 0) is 29.8 Å². The third-order valence-corrected chi connectivity index (χ3v) is 3.21. The third-order valence-electron chi connectivity index (χ3n) is 3.21. The van der Waals surface area contributed by atoms with Crippen LogP contribution in [0.4, 0.5) is 19.0 Å². The van der Waals surface area contributed by atoms with Gasteiger partial charge in [0.2, 0.25) is 0 Å². The van der Waals surface area contributed by atoms with Crippen molar-refractivity contribution in [2.45, 2.75) is 12.7 Å². The van der Waals surface area contributed by atoms with E-state index in [1.807, 2.05) is 0 Å². The lowest BCUT2D eigenvalue weighted by Gasteiger charge is -2.09. The molecule has 0 saturated heterocycles. The molecule has 0 spiro atoms. The molecule has 0 radical (unpaired) electrons. The van der Waals surface area contributed by atoms with E-state index in [1.54, 1.807) is 24.4 Å². The van der Waals surface area contributed by atoms with Gasteiger partial charge in [0.1, 0.15) is 11.5 Å². The average molecular weight is 319 g/mol. The van der Waals surface area contributed by atoms with Gasteiger partial charge in [-0.3, -0.25) is 9.67 Å². The van der Waals surface area contributed by atoms with Crippen LogP contribution in [-0.4, -0.2) is 19.7 Å². The standard InChI is InChI=1S/C15H12F3N5/c16-15(17,18)13-6-12(11-3-4-14(19)21-8-11)22-23(13)9-10-2-1-5-20-7-10/h1-8H,9H2,(H2,19,21). The Morgan fingerprint density at radius 1 is 1.13 bits per heavy atom. The number of alkyl halides is 3. The Balaban J connectivity index is 2.02. The van der Waals surface area contributed by atoms with Crippen molar-refractivity contribution in [1.29, 1.82) is 0 Å². The van der Waals surface area contributed by atoms with Gasteiger partial charge >= 0.3 is 6.18 Å². The van der Waals surface area contributed by atoms with E-state index >= 15 is 0 Å². The first-order chi connectivity index (χ1) is 10.9. The fraction of sp³-hybridized carbons (Fsp3) is 0.133. The molecule has 118 valence electrons. The van der Waals surface area contributed by atoms with E-state index in [9.17, 15) is 13.2 Å². The first-order valence-electron chi connectivity index (χ1n) is 6.69. The highest BCUT2D eigenvalue weighted by Gasteiger charge is 2.36. The summed E-state index contributed by atoms with van der Waals surface area (Å²) in [6.07, 6.45) is -0.0457. The first-order valence-corrected chi connectivity index (χ1v) is 6.69. The van der Waals surface area contributed by atoms with Gasteiger partial charge < -0.3 is 5.73 Å². The van der Waals surface area contributed by atoms with Crippen molar-refractivity contribution in [2.75, 3.05) is 5.73 Å². The lowest BCUT2D eigenvalue weighted by atomic mass is 10.2. The number of aromatic nitrogens is 4. The van der Waals surface area contributed by atoms with Crippen LogP contribution in [0.2, 0.25) is 0 Å². The number of rotatable bonds is 3. The van der Waals surface area contributed by atoms with Gasteiger partial charge in [0.15, 0.2) is 0 Å². The Labute approximate surface area is 129 Å². The molecule has 2 N–H and O–H groups in total. The largest absolute Gasteiger partial charge is 0.433 e. The Kier molecular flexibility index (Phi) is 3.73. The van der Waals surface area contributed by atoms with Crippen molar-refractivity contribution >= 4 is 5.82 Å². The lowest BCUT2D eigenvalue weighted by molar-refractivity contribution is -0.144. The van der Waals surface area contributed by atoms with Gasteiger partial charge in [0.25, 0.3) is 0 Å². The summed E-state index contributed by atoms with van der Waals surface area (Å²) in [5.41, 5.74) is 5.95. The molecule has 5 nitrogen and oxygen atoms in total. The maximum Gasteiger partial charge on any atom is 0.433 e. The summed E-state index contributed by atoms with van der Waals surface area (Å²) in [6.45, 7) is -0.0227. The van der Waals surface area contributed by atoms with Crippen LogP contribution in [0.1, 0.15) is 11.3 Å². The summed E-state index contributed by atoms with van der Waals surface area (Å²) in [6, 6.07) is 7.46. The van der Waals surface area contributed by atoms with Gasteiger partial charge in [-0.2, -0.15) is 18.3 Å². The summed E-state index contributed by atoms with van der Waals surface area (Å²) < 4.78 is 40.6. The van der Waals surface area contributed by atoms with Gasteiger partial charge in [0.05, 0.1) is 12.2 Å². The minimum atomic E-state index is -4.51. The maximum atomic E-state index is 13.2. The van der Waals surface area contributed by atoms with E-state index in [4.69, 9.17) is 5.73 Å². The van der Waals surface area contributed by atoms with Crippen molar-refractivity contribution in [3.63, 3.8) is 0 Å². The van der Waals surface area contributed by atoms with Crippen molar-refractivity contribution < 1.29 is 13.2 Å². The number of halogens is 3. The number of hydrogen-bond donors (Lipinski definition) is 1. The zero-order valence-corrected chi connectivity index (χ0v) is 11.8. The third kappa shape index (κ3) is 3.31. The molecule has 3 aromatic rings. The lowest BCUT2D eigenvalue weighted by Crippen LogP contribution is -2.15. The molecule has 23 heavy (non-hydrogen) atoms. The summed E-state index contributed by atoms with van der Waals surface area (Å²) in [5, 5.41) is 4.06. The van der Waals surface area contributed by atoms with E-state index in [0.717, 1.165) is 10.7 Å². The second kappa shape index (κ2) is 5.71. The molecule has 0 saturated carbocycles. The second-order valence-electron chi connectivity index (χ2n) is 4.90. The van der Waals surface area contributed by atoms with Crippen LogP contribution >= 0.6 is 0 Å². The first kappa shape index (κ1) is 15.0. The number of nitrogen functional groups attached to an aromatic ring is 1. The van der Waals surface area contributed by atoms with Crippen LogP contribution in [0.3, 0.4) is 0 Å². The molecule has 3 aromatic heterocycles. The number of nitrogens with zero attached hydrogens (tertiary/aromatic N) is 4. The van der Waals surface area contributed by atoms with Crippen LogP contribution in [0.25, 0.3) is 11.3 Å². The van der Waals surface area contributed by atoms with Gasteiger partial charge in [-0.15, -0.1) is 0 Å². The van der Waals surface area contributed by atoms with E-state index < -0.39 is 11.9 Å². The molecule has 8 heteroatoms. The SMILES string of the molecule is Nc1ccc(-c2cc(C(F)(F)F)n(Cc3cccnc3)n2)cn1. The second-order valence-corrected chi connectivity index (χ2v) is 4.90. The molecule has 3 rings (SSSR count). The van der Waals surface area contributed by atoms with Gasteiger partial charge in [-0.25, -0.2) is 4.98 Å². The molecule has 0 aliphatic rings. The Hall–Kier alpha value is -2.90. The van der Waals surface area contributed by atoms with Crippen molar-refractivity contribution in [2.24, 2.45) is 0 Å². The topological polar surface area (TPSA) is 69.6 Å². The molecule has 0 bridgehead atoms. The monoisotopic (exact) mass is 319 g/mol.